The van der Waals surface area contributed by atoms with E-state index in [0.29, 0.717) is 26.8 Å². The Hall–Kier alpha value is -1.84. The van der Waals surface area contributed by atoms with Gasteiger partial charge in [-0.1, -0.05) is 35.9 Å². The van der Waals surface area contributed by atoms with Gasteiger partial charge in [0, 0.05) is 10.8 Å². The van der Waals surface area contributed by atoms with E-state index < -0.39 is 5.97 Å². The highest BCUT2D eigenvalue weighted by molar-refractivity contribution is 6.37. The van der Waals surface area contributed by atoms with Gasteiger partial charge in [-0.3, -0.25) is 0 Å². The average Bonchev–Trinajstić information content (AvgIpc) is 2.36. The smallest absolute Gasteiger partial charge is 0.337 e. The second-order valence-electron chi connectivity index (χ2n) is 3.94. The number of fused-ring (bicyclic) bond motifs is 2. The molecule has 0 bridgehead atoms. The number of nitrogens with zero attached hydrogens (tertiary/aromatic N) is 1. The van der Waals surface area contributed by atoms with Gasteiger partial charge in [0.1, 0.15) is 0 Å². The standard InChI is InChI=1S/C14H8ClNO2.ClH/c15-9-5-3-7-11-13(9)12(14(17)18)8-4-1-2-6-10(8)16-11;/h1-7H,(H,17,18);1H. The number of aromatic carboxylic acids is 1. The fourth-order valence-electron chi connectivity index (χ4n) is 2.12. The Balaban J connectivity index is 0.00000133. The zero-order valence-electron chi connectivity index (χ0n) is 9.63. The largest absolute Gasteiger partial charge is 0.478 e. The van der Waals surface area contributed by atoms with E-state index in [1.165, 1.54) is 0 Å². The summed E-state index contributed by atoms with van der Waals surface area (Å²) in [5.41, 5.74) is 1.46. The minimum atomic E-state index is -0.994. The summed E-state index contributed by atoms with van der Waals surface area (Å²) >= 11 is 6.10. The molecule has 3 aromatic rings. The van der Waals surface area contributed by atoms with E-state index in [2.05, 4.69) is 4.98 Å². The normalized spacial score (nSPS) is 10.4. The van der Waals surface area contributed by atoms with Gasteiger partial charge in [0.25, 0.3) is 0 Å². The first-order valence-electron chi connectivity index (χ1n) is 5.39. The van der Waals surface area contributed by atoms with Gasteiger partial charge >= 0.3 is 5.97 Å². The Kier molecular flexibility index (Phi) is 3.60. The van der Waals surface area contributed by atoms with Crippen LogP contribution in [-0.4, -0.2) is 16.1 Å². The molecule has 3 rings (SSSR count). The van der Waals surface area contributed by atoms with Crippen LogP contribution in [0.4, 0.5) is 0 Å². The van der Waals surface area contributed by atoms with Crippen molar-refractivity contribution in [2.24, 2.45) is 0 Å². The minimum Gasteiger partial charge on any atom is -0.478 e. The van der Waals surface area contributed by atoms with E-state index in [0.717, 1.165) is 0 Å². The summed E-state index contributed by atoms with van der Waals surface area (Å²) in [5, 5.41) is 10.9. The van der Waals surface area contributed by atoms with Gasteiger partial charge in [0.15, 0.2) is 0 Å². The molecule has 0 spiro atoms. The summed E-state index contributed by atoms with van der Waals surface area (Å²) in [6, 6.07) is 12.4. The number of halogens is 2. The molecule has 1 aromatic heterocycles. The van der Waals surface area contributed by atoms with Gasteiger partial charge in [0.05, 0.1) is 21.6 Å². The maximum absolute atomic E-state index is 11.5. The lowest BCUT2D eigenvalue weighted by molar-refractivity contribution is 0.0701. The number of rotatable bonds is 1. The van der Waals surface area contributed by atoms with Crippen LogP contribution in [0.5, 0.6) is 0 Å². The van der Waals surface area contributed by atoms with Gasteiger partial charge in [-0.05, 0) is 18.2 Å². The number of carboxylic acids is 1. The Bertz CT molecular complexity index is 787. The van der Waals surface area contributed by atoms with Crippen molar-refractivity contribution in [2.45, 2.75) is 0 Å². The van der Waals surface area contributed by atoms with Gasteiger partial charge in [-0.2, -0.15) is 0 Å². The van der Waals surface area contributed by atoms with Crippen LogP contribution in [-0.2, 0) is 0 Å². The second kappa shape index (κ2) is 5.03. The number of benzene rings is 2. The van der Waals surface area contributed by atoms with Crippen LogP contribution >= 0.6 is 24.0 Å². The first-order valence-corrected chi connectivity index (χ1v) is 5.76. The number of carbonyl (C=O) groups is 1. The van der Waals surface area contributed by atoms with Crippen LogP contribution in [0.25, 0.3) is 21.8 Å². The summed E-state index contributed by atoms with van der Waals surface area (Å²) in [6.45, 7) is 0. The predicted molar refractivity (Wildman–Crippen MR) is 78.5 cm³/mol. The van der Waals surface area contributed by atoms with Crippen LogP contribution in [0.2, 0.25) is 5.02 Å². The second-order valence-corrected chi connectivity index (χ2v) is 4.35. The molecule has 0 saturated heterocycles. The van der Waals surface area contributed by atoms with Crippen molar-refractivity contribution in [3.8, 4) is 0 Å². The highest BCUT2D eigenvalue weighted by Crippen LogP contribution is 2.30. The first-order chi connectivity index (χ1) is 8.68. The van der Waals surface area contributed by atoms with E-state index in [-0.39, 0.29) is 18.0 Å². The Morgan fingerprint density at radius 3 is 2.47 bits per heavy atom. The molecule has 0 atom stereocenters. The molecule has 1 N–H and O–H groups in total. The lowest BCUT2D eigenvalue weighted by Crippen LogP contribution is -2.01. The van der Waals surface area contributed by atoms with E-state index in [1.807, 2.05) is 6.07 Å². The van der Waals surface area contributed by atoms with Crippen molar-refractivity contribution in [2.75, 3.05) is 0 Å². The van der Waals surface area contributed by atoms with E-state index >= 15 is 0 Å². The lowest BCUT2D eigenvalue weighted by Gasteiger charge is -2.08. The van der Waals surface area contributed by atoms with E-state index in [1.54, 1.807) is 36.4 Å². The number of para-hydroxylation sites is 1. The highest BCUT2D eigenvalue weighted by Gasteiger charge is 2.16. The third-order valence-electron chi connectivity index (χ3n) is 2.87. The molecule has 0 unspecified atom stereocenters. The third kappa shape index (κ3) is 2.11. The van der Waals surface area contributed by atoms with Crippen molar-refractivity contribution in [3.63, 3.8) is 0 Å². The maximum atomic E-state index is 11.5. The highest BCUT2D eigenvalue weighted by atomic mass is 35.5. The molecule has 19 heavy (non-hydrogen) atoms. The van der Waals surface area contributed by atoms with Crippen LogP contribution in [0.3, 0.4) is 0 Å². The number of hydrogen-bond donors (Lipinski definition) is 1. The number of aromatic nitrogens is 1. The van der Waals surface area contributed by atoms with Crippen LogP contribution in [0.1, 0.15) is 10.4 Å². The molecular formula is C14H9Cl2NO2. The quantitative estimate of drug-likeness (QED) is 0.685. The molecule has 0 saturated carbocycles. The van der Waals surface area contributed by atoms with Crippen LogP contribution < -0.4 is 0 Å². The summed E-state index contributed by atoms with van der Waals surface area (Å²) in [5.74, 6) is -0.994. The summed E-state index contributed by atoms with van der Waals surface area (Å²) in [6.07, 6.45) is 0. The molecule has 0 radical (unpaired) electrons. The fraction of sp³-hybridized carbons (Fsp3) is 0. The average molecular weight is 294 g/mol. The monoisotopic (exact) mass is 293 g/mol. The number of carboxylic acid groups (broad SMARTS) is 1. The minimum absolute atomic E-state index is 0. The van der Waals surface area contributed by atoms with Crippen molar-refractivity contribution in [3.05, 3.63) is 53.1 Å². The molecule has 0 aliphatic carbocycles. The van der Waals surface area contributed by atoms with Crippen LogP contribution in [0, 0.1) is 0 Å². The topological polar surface area (TPSA) is 50.2 Å². The fourth-order valence-corrected chi connectivity index (χ4v) is 2.39. The van der Waals surface area contributed by atoms with Crippen molar-refractivity contribution in [1.29, 1.82) is 0 Å². The van der Waals surface area contributed by atoms with Gasteiger partial charge in [0.2, 0.25) is 0 Å². The molecule has 1 heterocycles. The summed E-state index contributed by atoms with van der Waals surface area (Å²) in [7, 11) is 0. The molecule has 0 aliphatic heterocycles. The zero-order chi connectivity index (χ0) is 12.7. The zero-order valence-corrected chi connectivity index (χ0v) is 11.2. The molecule has 5 heteroatoms. The molecule has 2 aromatic carbocycles. The third-order valence-corrected chi connectivity index (χ3v) is 3.18. The predicted octanol–water partition coefficient (Wildman–Crippen LogP) is 4.16. The van der Waals surface area contributed by atoms with Crippen LogP contribution in [0.15, 0.2) is 42.5 Å². The van der Waals surface area contributed by atoms with E-state index in [9.17, 15) is 9.90 Å². The lowest BCUT2D eigenvalue weighted by atomic mass is 10.0. The molecule has 0 fully saturated rings. The Morgan fingerprint density at radius 1 is 1.05 bits per heavy atom. The summed E-state index contributed by atoms with van der Waals surface area (Å²) < 4.78 is 0. The molecule has 96 valence electrons. The molecule has 0 aliphatic rings. The molecular weight excluding hydrogens is 285 g/mol. The Morgan fingerprint density at radius 2 is 1.74 bits per heavy atom. The van der Waals surface area contributed by atoms with Crippen molar-refractivity contribution >= 4 is 51.8 Å². The Labute approximate surface area is 120 Å². The number of hydrogen-bond acceptors (Lipinski definition) is 2. The summed E-state index contributed by atoms with van der Waals surface area (Å²) in [4.78, 5) is 15.9. The maximum Gasteiger partial charge on any atom is 0.337 e. The first kappa shape index (κ1) is 13.6. The van der Waals surface area contributed by atoms with Crippen molar-refractivity contribution in [1.82, 2.24) is 4.98 Å². The van der Waals surface area contributed by atoms with Gasteiger partial charge in [-0.15, -0.1) is 12.4 Å². The number of pyridine rings is 1. The van der Waals surface area contributed by atoms with Gasteiger partial charge < -0.3 is 5.11 Å². The van der Waals surface area contributed by atoms with Gasteiger partial charge in [-0.25, -0.2) is 9.78 Å². The molecule has 3 nitrogen and oxygen atoms in total. The SMILES string of the molecule is Cl.O=C(O)c1c2ccccc2nc2cccc(Cl)c12. The molecule has 0 amide bonds. The van der Waals surface area contributed by atoms with Crippen molar-refractivity contribution < 1.29 is 9.90 Å². The van der Waals surface area contributed by atoms with E-state index in [4.69, 9.17) is 11.6 Å².